The summed E-state index contributed by atoms with van der Waals surface area (Å²) in [6.07, 6.45) is 0.730. The van der Waals surface area contributed by atoms with Gasteiger partial charge in [0.05, 0.1) is 17.4 Å². The van der Waals surface area contributed by atoms with Gasteiger partial charge in [0.25, 0.3) is 0 Å². The van der Waals surface area contributed by atoms with Gasteiger partial charge < -0.3 is 5.32 Å². The van der Waals surface area contributed by atoms with E-state index in [1.165, 1.54) is 6.07 Å². The van der Waals surface area contributed by atoms with Crippen molar-refractivity contribution in [3.8, 4) is 0 Å². The van der Waals surface area contributed by atoms with Crippen molar-refractivity contribution >= 4 is 0 Å². The first-order chi connectivity index (χ1) is 10.1. The summed E-state index contributed by atoms with van der Waals surface area (Å²) in [5, 5.41) is 11.6. The minimum atomic E-state index is -0.841. The number of benzene rings is 1. The number of hydrogen-bond donors (Lipinski definition) is 1. The van der Waals surface area contributed by atoms with Crippen molar-refractivity contribution < 1.29 is 8.78 Å². The van der Waals surface area contributed by atoms with Gasteiger partial charge in [-0.25, -0.2) is 8.78 Å². The predicted octanol–water partition coefficient (Wildman–Crippen LogP) is 3.32. The molecule has 5 heteroatoms. The fourth-order valence-corrected chi connectivity index (χ4v) is 2.36. The van der Waals surface area contributed by atoms with Gasteiger partial charge in [0.2, 0.25) is 0 Å². The molecule has 1 unspecified atom stereocenters. The second-order valence-electron chi connectivity index (χ2n) is 4.91. The highest BCUT2D eigenvalue weighted by Gasteiger charge is 2.19. The second kappa shape index (κ2) is 6.72. The lowest BCUT2D eigenvalue weighted by molar-refractivity contribution is 0.503. The number of rotatable bonds is 5. The Kier molecular flexibility index (Phi) is 4.96. The minimum absolute atomic E-state index is 0.228. The molecule has 0 fully saturated rings. The molecule has 1 aromatic heterocycles. The third-order valence-electron chi connectivity index (χ3n) is 3.36. The average molecular weight is 291 g/mol. The van der Waals surface area contributed by atoms with E-state index in [1.54, 1.807) is 6.07 Å². The van der Waals surface area contributed by atoms with Gasteiger partial charge in [-0.1, -0.05) is 19.9 Å². The first-order valence-electron chi connectivity index (χ1n) is 7.08. The van der Waals surface area contributed by atoms with Crippen LogP contribution in [0.2, 0.25) is 0 Å². The van der Waals surface area contributed by atoms with E-state index in [4.69, 9.17) is 0 Å². The van der Waals surface area contributed by atoms with Crippen LogP contribution in [0.15, 0.2) is 24.3 Å². The van der Waals surface area contributed by atoms with E-state index in [-0.39, 0.29) is 6.04 Å². The van der Waals surface area contributed by atoms with E-state index in [9.17, 15) is 8.78 Å². The summed E-state index contributed by atoms with van der Waals surface area (Å²) >= 11 is 0. The van der Waals surface area contributed by atoms with E-state index in [0.29, 0.717) is 12.1 Å². The first kappa shape index (κ1) is 15.5. The molecular formula is C16H19F2N3. The molecule has 1 heterocycles. The third-order valence-corrected chi connectivity index (χ3v) is 3.36. The van der Waals surface area contributed by atoms with Crippen LogP contribution in [0.5, 0.6) is 0 Å². The monoisotopic (exact) mass is 291 g/mol. The smallest absolute Gasteiger partial charge is 0.159 e. The van der Waals surface area contributed by atoms with Crippen LogP contribution in [0, 0.1) is 18.6 Å². The van der Waals surface area contributed by atoms with Crippen LogP contribution in [-0.2, 0) is 6.42 Å². The quantitative estimate of drug-likeness (QED) is 0.918. The van der Waals surface area contributed by atoms with Crippen molar-refractivity contribution in [3.63, 3.8) is 0 Å². The van der Waals surface area contributed by atoms with Crippen LogP contribution in [0.4, 0.5) is 8.78 Å². The topological polar surface area (TPSA) is 37.8 Å². The lowest BCUT2D eigenvalue weighted by Gasteiger charge is -2.21. The van der Waals surface area contributed by atoms with Gasteiger partial charge in [-0.05, 0) is 49.2 Å². The molecule has 0 bridgehead atoms. The maximum Gasteiger partial charge on any atom is 0.159 e. The van der Waals surface area contributed by atoms with Gasteiger partial charge in [0, 0.05) is 0 Å². The summed E-state index contributed by atoms with van der Waals surface area (Å²) < 4.78 is 26.7. The van der Waals surface area contributed by atoms with Crippen molar-refractivity contribution in [1.29, 1.82) is 0 Å². The van der Waals surface area contributed by atoms with E-state index >= 15 is 0 Å². The molecule has 0 aliphatic carbocycles. The molecule has 0 aliphatic heterocycles. The van der Waals surface area contributed by atoms with Crippen molar-refractivity contribution in [2.75, 3.05) is 6.54 Å². The summed E-state index contributed by atoms with van der Waals surface area (Å²) in [6, 6.07) is 5.70. The maximum atomic E-state index is 13.5. The third kappa shape index (κ3) is 3.42. The summed E-state index contributed by atoms with van der Waals surface area (Å²) in [7, 11) is 0. The van der Waals surface area contributed by atoms with Gasteiger partial charge in [0.15, 0.2) is 11.6 Å². The highest BCUT2D eigenvalue weighted by Crippen LogP contribution is 2.26. The van der Waals surface area contributed by atoms with Gasteiger partial charge in [-0.3, -0.25) is 0 Å². The normalized spacial score (nSPS) is 12.4. The predicted molar refractivity (Wildman–Crippen MR) is 78.0 cm³/mol. The van der Waals surface area contributed by atoms with Gasteiger partial charge in [-0.2, -0.15) is 10.2 Å². The largest absolute Gasteiger partial charge is 0.306 e. The fraction of sp³-hybridized carbons (Fsp3) is 0.375. The molecule has 2 aromatic rings. The lowest BCUT2D eigenvalue weighted by Crippen LogP contribution is -2.24. The first-order valence-corrected chi connectivity index (χ1v) is 7.08. The van der Waals surface area contributed by atoms with Crippen LogP contribution in [0.25, 0.3) is 0 Å². The molecule has 1 atom stereocenters. The van der Waals surface area contributed by atoms with Crippen molar-refractivity contribution in [1.82, 2.24) is 15.5 Å². The van der Waals surface area contributed by atoms with Crippen LogP contribution >= 0.6 is 0 Å². The number of hydrogen-bond acceptors (Lipinski definition) is 3. The average Bonchev–Trinajstić information content (AvgIpc) is 2.48. The Labute approximate surface area is 123 Å². The Hall–Kier alpha value is -1.88. The number of halogens is 2. The Balaban J connectivity index is 2.52. The molecule has 112 valence electrons. The molecule has 0 saturated carbocycles. The number of aromatic nitrogens is 2. The van der Waals surface area contributed by atoms with Crippen LogP contribution < -0.4 is 5.32 Å². The van der Waals surface area contributed by atoms with Crippen molar-refractivity contribution in [3.05, 3.63) is 58.4 Å². The number of nitrogens with one attached hydrogen (secondary N) is 1. The van der Waals surface area contributed by atoms with Gasteiger partial charge >= 0.3 is 0 Å². The van der Waals surface area contributed by atoms with E-state index < -0.39 is 11.6 Å². The summed E-state index contributed by atoms with van der Waals surface area (Å²) in [5.74, 6) is -1.68. The summed E-state index contributed by atoms with van der Waals surface area (Å²) in [4.78, 5) is 0. The van der Waals surface area contributed by atoms with E-state index in [1.807, 2.05) is 26.8 Å². The maximum absolute atomic E-state index is 13.5. The summed E-state index contributed by atoms with van der Waals surface area (Å²) in [5.41, 5.74) is 3.29. The zero-order valence-electron chi connectivity index (χ0n) is 12.5. The van der Waals surface area contributed by atoms with Crippen molar-refractivity contribution in [2.24, 2.45) is 0 Å². The Morgan fingerprint density at radius 1 is 1.10 bits per heavy atom. The van der Waals surface area contributed by atoms with E-state index in [2.05, 4.69) is 15.5 Å². The second-order valence-corrected chi connectivity index (χ2v) is 4.91. The van der Waals surface area contributed by atoms with E-state index in [0.717, 1.165) is 29.4 Å². The SMILES string of the molecule is CCNC(c1ccc(F)c(F)c1)c1cc(C)nnc1CC. The van der Waals surface area contributed by atoms with Crippen LogP contribution in [-0.4, -0.2) is 16.7 Å². The van der Waals surface area contributed by atoms with Crippen LogP contribution in [0.1, 0.15) is 42.4 Å². The van der Waals surface area contributed by atoms with Gasteiger partial charge in [0.1, 0.15) is 0 Å². The standard InChI is InChI=1S/C16H19F2N3/c1-4-15-12(8-10(3)20-21-15)16(19-5-2)11-6-7-13(17)14(18)9-11/h6-9,16,19H,4-5H2,1-3H3. The Bertz CT molecular complexity index is 629. The molecule has 0 aliphatic rings. The molecule has 2 rings (SSSR count). The van der Waals surface area contributed by atoms with Crippen LogP contribution in [0.3, 0.4) is 0 Å². The molecule has 0 spiro atoms. The minimum Gasteiger partial charge on any atom is -0.306 e. The molecule has 0 radical (unpaired) electrons. The van der Waals surface area contributed by atoms with Crippen molar-refractivity contribution in [2.45, 2.75) is 33.2 Å². The zero-order valence-corrected chi connectivity index (χ0v) is 12.5. The fourth-order valence-electron chi connectivity index (χ4n) is 2.36. The molecule has 3 nitrogen and oxygen atoms in total. The summed E-state index contributed by atoms with van der Waals surface area (Å²) in [6.45, 7) is 6.54. The lowest BCUT2D eigenvalue weighted by atomic mass is 9.96. The van der Waals surface area contributed by atoms with Gasteiger partial charge in [-0.15, -0.1) is 0 Å². The number of nitrogens with zero attached hydrogens (tertiary/aromatic N) is 2. The highest BCUT2D eigenvalue weighted by molar-refractivity contribution is 5.35. The Morgan fingerprint density at radius 3 is 2.48 bits per heavy atom. The molecule has 1 aromatic carbocycles. The highest BCUT2D eigenvalue weighted by atomic mass is 19.2. The molecule has 0 amide bonds. The molecular weight excluding hydrogens is 272 g/mol. The number of aryl methyl sites for hydroxylation is 2. The molecule has 21 heavy (non-hydrogen) atoms. The Morgan fingerprint density at radius 2 is 1.86 bits per heavy atom. The molecule has 1 N–H and O–H groups in total. The molecule has 0 saturated heterocycles. The zero-order chi connectivity index (χ0) is 15.4.